The number of alkyl halides is 3. The van der Waals surface area contributed by atoms with Gasteiger partial charge in [0.1, 0.15) is 0 Å². The van der Waals surface area contributed by atoms with Crippen molar-refractivity contribution in [1.82, 2.24) is 0 Å². The summed E-state index contributed by atoms with van der Waals surface area (Å²) in [4.78, 5) is 12.7. The molecule has 2 aromatic rings. The van der Waals surface area contributed by atoms with Gasteiger partial charge in [0.25, 0.3) is 5.91 Å². The van der Waals surface area contributed by atoms with E-state index in [-0.39, 0.29) is 12.3 Å². The van der Waals surface area contributed by atoms with Crippen LogP contribution in [0.5, 0.6) is 0 Å². The van der Waals surface area contributed by atoms with Crippen molar-refractivity contribution in [2.45, 2.75) is 51.1 Å². The fraction of sp³-hybridized carbons (Fsp3) is 0.409. The second-order valence-electron chi connectivity index (χ2n) is 7.67. The number of anilines is 1. The van der Waals surface area contributed by atoms with E-state index in [2.05, 4.69) is 11.4 Å². The summed E-state index contributed by atoms with van der Waals surface area (Å²) >= 11 is 0. The largest absolute Gasteiger partial charge is 0.392 e. The molecule has 4 rings (SSSR count). The molecule has 27 heavy (non-hydrogen) atoms. The molecule has 2 nitrogen and oxygen atoms in total. The maximum Gasteiger partial charge on any atom is 0.392 e. The van der Waals surface area contributed by atoms with Crippen LogP contribution in [-0.2, 0) is 12.8 Å². The number of hydrogen-bond donors (Lipinski definition) is 1. The molecule has 0 aromatic heterocycles. The molecule has 1 saturated carbocycles. The molecule has 0 aliphatic heterocycles. The van der Waals surface area contributed by atoms with Crippen molar-refractivity contribution in [2.24, 2.45) is 5.92 Å². The highest BCUT2D eigenvalue weighted by Gasteiger charge is 2.56. The molecule has 2 aromatic carbocycles. The minimum Gasteiger partial charge on any atom is -0.322 e. The summed E-state index contributed by atoms with van der Waals surface area (Å²) in [6.07, 6.45) is 0.296. The van der Waals surface area contributed by atoms with Gasteiger partial charge < -0.3 is 5.32 Å². The van der Waals surface area contributed by atoms with Crippen LogP contribution in [0.4, 0.5) is 18.9 Å². The maximum atomic E-state index is 12.8. The van der Waals surface area contributed by atoms with Gasteiger partial charge in [-0.05, 0) is 79.3 Å². The first-order valence-electron chi connectivity index (χ1n) is 9.44. The number of amides is 1. The Morgan fingerprint density at radius 1 is 1.11 bits per heavy atom. The van der Waals surface area contributed by atoms with Crippen molar-refractivity contribution in [3.63, 3.8) is 0 Å². The first-order valence-corrected chi connectivity index (χ1v) is 9.44. The Balaban J connectivity index is 1.52. The first-order chi connectivity index (χ1) is 12.8. The monoisotopic (exact) mass is 373 g/mol. The average molecular weight is 373 g/mol. The molecule has 0 radical (unpaired) electrons. The summed E-state index contributed by atoms with van der Waals surface area (Å²) in [5, 5.41) is 3.01. The molecular formula is C22H22F3NO. The Morgan fingerprint density at radius 2 is 1.89 bits per heavy atom. The minimum absolute atomic E-state index is 0.143. The van der Waals surface area contributed by atoms with Crippen LogP contribution in [-0.4, -0.2) is 12.1 Å². The number of carbonyl (C=O) groups excluding carboxylic acids is 1. The summed E-state index contributed by atoms with van der Waals surface area (Å²) in [6, 6.07) is 11.0. The normalized spacial score (nSPS) is 21.5. The number of nitrogens with one attached hydrogen (secondary N) is 1. The van der Waals surface area contributed by atoms with Gasteiger partial charge in [-0.2, -0.15) is 13.2 Å². The number of hydrogen-bond acceptors (Lipinski definition) is 1. The zero-order valence-electron chi connectivity index (χ0n) is 15.2. The fourth-order valence-electron chi connectivity index (χ4n) is 4.19. The van der Waals surface area contributed by atoms with Crippen molar-refractivity contribution in [2.75, 3.05) is 5.32 Å². The fourth-order valence-corrected chi connectivity index (χ4v) is 4.19. The number of rotatable bonds is 3. The highest BCUT2D eigenvalue weighted by molar-refractivity contribution is 6.05. The smallest absolute Gasteiger partial charge is 0.322 e. The molecule has 142 valence electrons. The van der Waals surface area contributed by atoms with Gasteiger partial charge in [-0.15, -0.1) is 0 Å². The summed E-state index contributed by atoms with van der Waals surface area (Å²) < 4.78 is 38.4. The molecule has 5 heteroatoms. The number of carbonyl (C=O) groups is 1. The number of aryl methyl sites for hydroxylation is 2. The van der Waals surface area contributed by atoms with Crippen LogP contribution >= 0.6 is 0 Å². The summed E-state index contributed by atoms with van der Waals surface area (Å²) in [5.41, 5.74) is 5.23. The number of fused-ring (bicyclic) bond motifs is 1. The van der Waals surface area contributed by atoms with Gasteiger partial charge in [-0.3, -0.25) is 4.79 Å². The van der Waals surface area contributed by atoms with Gasteiger partial charge >= 0.3 is 6.18 Å². The zero-order chi connectivity index (χ0) is 19.2. The lowest BCUT2D eigenvalue weighted by Gasteiger charge is -2.20. The lowest BCUT2D eigenvalue weighted by molar-refractivity contribution is -0.148. The van der Waals surface area contributed by atoms with Gasteiger partial charge in [-0.1, -0.05) is 24.3 Å². The second kappa shape index (κ2) is 6.70. The van der Waals surface area contributed by atoms with Crippen LogP contribution in [0.2, 0.25) is 0 Å². The van der Waals surface area contributed by atoms with Crippen LogP contribution in [0.15, 0.2) is 36.4 Å². The first kappa shape index (κ1) is 18.1. The van der Waals surface area contributed by atoms with Crippen LogP contribution in [0.25, 0.3) is 0 Å². The van der Waals surface area contributed by atoms with E-state index < -0.39 is 18.0 Å². The minimum atomic E-state index is -4.14. The summed E-state index contributed by atoms with van der Waals surface area (Å²) in [7, 11) is 0. The van der Waals surface area contributed by atoms with E-state index in [9.17, 15) is 18.0 Å². The molecular weight excluding hydrogens is 351 g/mol. The van der Waals surface area contributed by atoms with Crippen LogP contribution in [0, 0.1) is 12.8 Å². The van der Waals surface area contributed by atoms with E-state index in [1.807, 2.05) is 12.1 Å². The molecule has 0 saturated heterocycles. The molecule has 0 heterocycles. The van der Waals surface area contributed by atoms with E-state index >= 15 is 0 Å². The Morgan fingerprint density at radius 3 is 2.59 bits per heavy atom. The molecule has 2 atom stereocenters. The molecule has 0 spiro atoms. The quantitative estimate of drug-likeness (QED) is 0.725. The van der Waals surface area contributed by atoms with E-state index in [1.165, 1.54) is 17.5 Å². The molecule has 1 amide bonds. The molecule has 1 N–H and O–H groups in total. The van der Waals surface area contributed by atoms with Gasteiger partial charge in [0, 0.05) is 11.3 Å². The highest BCUT2D eigenvalue weighted by Crippen LogP contribution is 2.56. The van der Waals surface area contributed by atoms with Crippen molar-refractivity contribution >= 4 is 11.6 Å². The third-order valence-electron chi connectivity index (χ3n) is 5.78. The summed E-state index contributed by atoms with van der Waals surface area (Å²) in [6.45, 7) is 1.78. The van der Waals surface area contributed by atoms with Gasteiger partial charge in [-0.25, -0.2) is 0 Å². The molecule has 2 unspecified atom stereocenters. The van der Waals surface area contributed by atoms with Crippen LogP contribution in [0.3, 0.4) is 0 Å². The molecule has 0 bridgehead atoms. The maximum absolute atomic E-state index is 12.8. The molecule has 1 fully saturated rings. The van der Waals surface area contributed by atoms with E-state index in [0.29, 0.717) is 16.7 Å². The standard InChI is InChI=1S/C22H22F3NO/c1-13-11-15(18-12-19(18)22(23,24)25)9-10-16(13)21(27)26-20-8-4-6-14-5-2-3-7-17(14)20/h4,6,8-11,18-19H,2-3,5,7,12H2,1H3,(H,26,27). The van der Waals surface area contributed by atoms with Gasteiger partial charge in [0.05, 0.1) is 5.92 Å². The Labute approximate surface area is 156 Å². The van der Waals surface area contributed by atoms with Gasteiger partial charge in [0.15, 0.2) is 0 Å². The lowest BCUT2D eigenvalue weighted by Crippen LogP contribution is -2.16. The Hall–Kier alpha value is -2.30. The highest BCUT2D eigenvalue weighted by atomic mass is 19.4. The average Bonchev–Trinajstić information content (AvgIpc) is 3.43. The molecule has 2 aliphatic carbocycles. The van der Waals surface area contributed by atoms with Crippen LogP contribution in [0.1, 0.15) is 57.8 Å². The third-order valence-corrected chi connectivity index (χ3v) is 5.78. The third kappa shape index (κ3) is 3.60. The van der Waals surface area contributed by atoms with Crippen molar-refractivity contribution in [3.8, 4) is 0 Å². The predicted molar refractivity (Wildman–Crippen MR) is 99.1 cm³/mol. The number of benzene rings is 2. The number of halogens is 3. The predicted octanol–water partition coefficient (Wildman–Crippen LogP) is 5.79. The van der Waals surface area contributed by atoms with Crippen molar-refractivity contribution in [3.05, 3.63) is 64.2 Å². The molecule has 2 aliphatic rings. The van der Waals surface area contributed by atoms with Crippen molar-refractivity contribution < 1.29 is 18.0 Å². The van der Waals surface area contributed by atoms with E-state index in [1.54, 1.807) is 25.1 Å². The van der Waals surface area contributed by atoms with Gasteiger partial charge in [0.2, 0.25) is 0 Å². The zero-order valence-corrected chi connectivity index (χ0v) is 15.2. The lowest BCUT2D eigenvalue weighted by atomic mass is 9.90. The van der Waals surface area contributed by atoms with Crippen molar-refractivity contribution in [1.29, 1.82) is 0 Å². The van der Waals surface area contributed by atoms with Crippen LogP contribution < -0.4 is 5.32 Å². The van der Waals surface area contributed by atoms with E-state index in [0.717, 1.165) is 24.9 Å². The summed E-state index contributed by atoms with van der Waals surface area (Å²) in [5.74, 6) is -1.92. The Kier molecular flexibility index (Phi) is 4.49. The van der Waals surface area contributed by atoms with E-state index in [4.69, 9.17) is 0 Å². The second-order valence-corrected chi connectivity index (χ2v) is 7.67. The topological polar surface area (TPSA) is 29.1 Å². The SMILES string of the molecule is Cc1cc(C2CC2C(F)(F)F)ccc1C(=O)Nc1cccc2c1CCCC2. The Bertz CT molecular complexity index is 888.